The van der Waals surface area contributed by atoms with Crippen LogP contribution >= 0.6 is 0 Å². The molecule has 1 fully saturated rings. The molecule has 0 saturated heterocycles. The summed E-state index contributed by atoms with van der Waals surface area (Å²) < 4.78 is 14.9. The highest BCUT2D eigenvalue weighted by atomic mass is 19.1. The van der Waals surface area contributed by atoms with Crippen molar-refractivity contribution in [2.24, 2.45) is 5.73 Å². The van der Waals surface area contributed by atoms with Gasteiger partial charge in [-0.05, 0) is 56.9 Å². The molecule has 0 radical (unpaired) electrons. The normalized spacial score (nSPS) is 19.1. The number of carbonyl (C=O) groups is 1. The van der Waals surface area contributed by atoms with E-state index in [1.54, 1.807) is 23.0 Å². The number of nitrogens with two attached hydrogens (primary N) is 1. The molecule has 0 aliphatic heterocycles. The Labute approximate surface area is 169 Å². The number of hydrogen-bond acceptors (Lipinski definition) is 3. The average Bonchev–Trinajstić information content (AvgIpc) is 3.16. The second kappa shape index (κ2) is 8.17. The van der Waals surface area contributed by atoms with E-state index in [0.29, 0.717) is 16.9 Å². The fourth-order valence-electron chi connectivity index (χ4n) is 3.72. The Morgan fingerprint density at radius 1 is 1.07 bits per heavy atom. The Morgan fingerprint density at radius 2 is 1.72 bits per heavy atom. The minimum Gasteiger partial charge on any atom is -0.349 e. The number of benzene rings is 2. The third-order valence-corrected chi connectivity index (χ3v) is 5.48. The van der Waals surface area contributed by atoms with Gasteiger partial charge in [-0.2, -0.15) is 5.10 Å². The largest absolute Gasteiger partial charge is 0.349 e. The number of hydrogen-bond donors (Lipinski definition) is 2. The number of nitrogens with zero attached hydrogens (tertiary/aromatic N) is 2. The molecule has 29 heavy (non-hydrogen) atoms. The van der Waals surface area contributed by atoms with E-state index in [4.69, 9.17) is 5.73 Å². The van der Waals surface area contributed by atoms with Crippen LogP contribution < -0.4 is 11.1 Å². The second-order valence-electron chi connectivity index (χ2n) is 7.76. The summed E-state index contributed by atoms with van der Waals surface area (Å²) in [7, 11) is 0. The van der Waals surface area contributed by atoms with Crippen LogP contribution in [-0.2, 0) is 0 Å². The molecule has 1 amide bonds. The smallest absolute Gasteiger partial charge is 0.255 e. The Morgan fingerprint density at radius 3 is 2.38 bits per heavy atom. The van der Waals surface area contributed by atoms with E-state index < -0.39 is 0 Å². The van der Waals surface area contributed by atoms with Gasteiger partial charge in [0.15, 0.2) is 0 Å². The van der Waals surface area contributed by atoms with Crippen molar-refractivity contribution in [2.45, 2.75) is 44.7 Å². The Balaban J connectivity index is 1.67. The molecule has 0 unspecified atom stereocenters. The molecule has 1 saturated carbocycles. The first-order chi connectivity index (χ1) is 14.0. The van der Waals surface area contributed by atoms with Crippen molar-refractivity contribution in [1.82, 2.24) is 15.1 Å². The molecule has 150 valence electrons. The first-order valence-electron chi connectivity index (χ1n) is 9.98. The highest BCUT2D eigenvalue weighted by Gasteiger charge is 2.24. The fourth-order valence-corrected chi connectivity index (χ4v) is 3.72. The predicted molar refractivity (Wildman–Crippen MR) is 111 cm³/mol. The average molecular weight is 392 g/mol. The van der Waals surface area contributed by atoms with E-state index in [0.717, 1.165) is 36.8 Å². The van der Waals surface area contributed by atoms with Gasteiger partial charge in [-0.3, -0.25) is 4.79 Å². The van der Waals surface area contributed by atoms with Crippen LogP contribution in [0.15, 0.2) is 54.7 Å². The van der Waals surface area contributed by atoms with Crippen molar-refractivity contribution < 1.29 is 9.18 Å². The topological polar surface area (TPSA) is 72.9 Å². The van der Waals surface area contributed by atoms with Crippen LogP contribution in [0.4, 0.5) is 4.39 Å². The molecular weight excluding hydrogens is 367 g/mol. The number of halogens is 1. The van der Waals surface area contributed by atoms with E-state index in [1.807, 2.05) is 31.2 Å². The van der Waals surface area contributed by atoms with Gasteiger partial charge in [0.1, 0.15) is 11.5 Å². The molecule has 3 aromatic rings. The summed E-state index contributed by atoms with van der Waals surface area (Å²) in [4.78, 5) is 13.1. The maximum Gasteiger partial charge on any atom is 0.255 e. The standard InChI is InChI=1S/C23H25FN4O/c1-15-2-4-16(5-3-15)22-21(23(29)26-19-10-8-18(25)9-11-19)14-28(27-22)20-12-6-17(24)7-13-20/h2-7,12-14,18-19H,8-11,25H2,1H3,(H,26,29). The summed E-state index contributed by atoms with van der Waals surface area (Å²) in [6.45, 7) is 2.02. The van der Waals surface area contributed by atoms with Crippen LogP contribution in [0.5, 0.6) is 0 Å². The lowest BCUT2D eigenvalue weighted by molar-refractivity contribution is 0.0926. The van der Waals surface area contributed by atoms with Gasteiger partial charge in [0, 0.05) is 23.8 Å². The molecule has 0 spiro atoms. The molecule has 2 aromatic carbocycles. The molecule has 1 aliphatic carbocycles. The van der Waals surface area contributed by atoms with E-state index >= 15 is 0 Å². The van der Waals surface area contributed by atoms with Gasteiger partial charge in [-0.15, -0.1) is 0 Å². The maximum absolute atomic E-state index is 13.3. The van der Waals surface area contributed by atoms with Gasteiger partial charge in [-0.25, -0.2) is 9.07 Å². The van der Waals surface area contributed by atoms with Crippen molar-refractivity contribution in [3.63, 3.8) is 0 Å². The Kier molecular flexibility index (Phi) is 5.45. The molecule has 0 atom stereocenters. The van der Waals surface area contributed by atoms with Crippen molar-refractivity contribution in [2.75, 3.05) is 0 Å². The van der Waals surface area contributed by atoms with Crippen LogP contribution in [0.2, 0.25) is 0 Å². The Hall–Kier alpha value is -2.99. The number of nitrogens with one attached hydrogen (secondary N) is 1. The SMILES string of the molecule is Cc1ccc(-c2nn(-c3ccc(F)cc3)cc2C(=O)NC2CCC(N)CC2)cc1. The third kappa shape index (κ3) is 4.38. The van der Waals surface area contributed by atoms with Crippen molar-refractivity contribution in [1.29, 1.82) is 0 Å². The minimum atomic E-state index is -0.312. The van der Waals surface area contributed by atoms with Crippen LogP contribution in [0.3, 0.4) is 0 Å². The highest BCUT2D eigenvalue weighted by molar-refractivity contribution is 6.00. The van der Waals surface area contributed by atoms with Crippen LogP contribution in [0.1, 0.15) is 41.6 Å². The monoisotopic (exact) mass is 392 g/mol. The van der Waals surface area contributed by atoms with E-state index in [-0.39, 0.29) is 23.8 Å². The summed E-state index contributed by atoms with van der Waals surface area (Å²) in [5.74, 6) is -0.456. The zero-order valence-corrected chi connectivity index (χ0v) is 16.4. The summed E-state index contributed by atoms with van der Waals surface area (Å²) in [6.07, 6.45) is 5.33. The van der Waals surface area contributed by atoms with Crippen LogP contribution in [0.25, 0.3) is 16.9 Å². The predicted octanol–water partition coefficient (Wildman–Crippen LogP) is 3.99. The molecular formula is C23H25FN4O. The summed E-state index contributed by atoms with van der Waals surface area (Å²) in [6, 6.07) is 14.3. The lowest BCUT2D eigenvalue weighted by atomic mass is 9.91. The molecule has 1 heterocycles. The van der Waals surface area contributed by atoms with Crippen molar-refractivity contribution in [3.8, 4) is 16.9 Å². The van der Waals surface area contributed by atoms with Gasteiger partial charge >= 0.3 is 0 Å². The van der Waals surface area contributed by atoms with Crippen LogP contribution in [0, 0.1) is 12.7 Å². The molecule has 1 aliphatic rings. The van der Waals surface area contributed by atoms with Crippen molar-refractivity contribution >= 4 is 5.91 Å². The number of carbonyl (C=O) groups excluding carboxylic acids is 1. The highest BCUT2D eigenvalue weighted by Crippen LogP contribution is 2.25. The molecule has 0 bridgehead atoms. The van der Waals surface area contributed by atoms with Gasteiger partial charge in [-0.1, -0.05) is 29.8 Å². The lowest BCUT2D eigenvalue weighted by Gasteiger charge is -2.26. The quantitative estimate of drug-likeness (QED) is 0.705. The first kappa shape index (κ1) is 19.3. The van der Waals surface area contributed by atoms with Crippen LogP contribution in [-0.4, -0.2) is 27.8 Å². The number of amides is 1. The zero-order chi connectivity index (χ0) is 20.4. The summed E-state index contributed by atoms with van der Waals surface area (Å²) in [5, 5.41) is 7.79. The maximum atomic E-state index is 13.3. The van der Waals surface area contributed by atoms with Crippen molar-refractivity contribution in [3.05, 3.63) is 71.7 Å². The number of aromatic nitrogens is 2. The number of aryl methyl sites for hydroxylation is 1. The zero-order valence-electron chi connectivity index (χ0n) is 16.4. The van der Waals surface area contributed by atoms with E-state index in [2.05, 4.69) is 10.4 Å². The minimum absolute atomic E-state index is 0.127. The number of rotatable bonds is 4. The van der Waals surface area contributed by atoms with Gasteiger partial charge in [0.05, 0.1) is 11.3 Å². The third-order valence-electron chi connectivity index (χ3n) is 5.48. The fraction of sp³-hybridized carbons (Fsp3) is 0.304. The summed E-state index contributed by atoms with van der Waals surface area (Å²) in [5.41, 5.74) is 9.79. The summed E-state index contributed by atoms with van der Waals surface area (Å²) >= 11 is 0. The molecule has 4 rings (SSSR count). The molecule has 5 nitrogen and oxygen atoms in total. The second-order valence-corrected chi connectivity index (χ2v) is 7.76. The van der Waals surface area contributed by atoms with Gasteiger partial charge < -0.3 is 11.1 Å². The Bertz CT molecular complexity index is 987. The van der Waals surface area contributed by atoms with Gasteiger partial charge in [0.25, 0.3) is 5.91 Å². The van der Waals surface area contributed by atoms with E-state index in [9.17, 15) is 9.18 Å². The lowest BCUT2D eigenvalue weighted by Crippen LogP contribution is -2.40. The van der Waals surface area contributed by atoms with Gasteiger partial charge in [0.2, 0.25) is 0 Å². The first-order valence-corrected chi connectivity index (χ1v) is 9.98. The molecule has 1 aromatic heterocycles. The molecule has 6 heteroatoms. The van der Waals surface area contributed by atoms with E-state index in [1.165, 1.54) is 12.1 Å². The molecule has 3 N–H and O–H groups in total.